The molecule has 0 aliphatic rings. The summed E-state index contributed by atoms with van der Waals surface area (Å²) in [5.41, 5.74) is 2.75. The van der Waals surface area contributed by atoms with Crippen molar-refractivity contribution in [1.82, 2.24) is 9.97 Å². The van der Waals surface area contributed by atoms with Gasteiger partial charge in [0.15, 0.2) is 5.75 Å². The summed E-state index contributed by atoms with van der Waals surface area (Å²) in [5.74, 6) is 1.04. The van der Waals surface area contributed by atoms with E-state index in [0.717, 1.165) is 18.5 Å². The standard InChI is InChI=1S/C22H25N3O/c1-2-3-10-19(17-11-6-4-7-12-17)15-23-22-24-16-20(26)21(25-22)18-13-8-5-9-14-18/h4-9,11-14,16,19,26H,2-3,10,15H2,1H3,(H,23,24,25). The lowest BCUT2D eigenvalue weighted by Crippen LogP contribution is -2.14. The molecule has 0 radical (unpaired) electrons. The fraction of sp³-hybridized carbons (Fsp3) is 0.273. The molecule has 0 spiro atoms. The van der Waals surface area contributed by atoms with Crippen LogP contribution < -0.4 is 5.32 Å². The number of aromatic nitrogens is 2. The van der Waals surface area contributed by atoms with Crippen LogP contribution in [0.4, 0.5) is 5.95 Å². The zero-order chi connectivity index (χ0) is 18.2. The number of aromatic hydroxyl groups is 1. The maximum Gasteiger partial charge on any atom is 0.223 e. The fourth-order valence-corrected chi connectivity index (χ4v) is 3.05. The Hall–Kier alpha value is -2.88. The Labute approximate surface area is 155 Å². The zero-order valence-corrected chi connectivity index (χ0v) is 15.1. The molecule has 2 N–H and O–H groups in total. The third-order valence-electron chi connectivity index (χ3n) is 4.50. The van der Waals surface area contributed by atoms with Gasteiger partial charge in [0, 0.05) is 18.0 Å². The Morgan fingerprint density at radius 2 is 1.69 bits per heavy atom. The van der Waals surface area contributed by atoms with Crippen molar-refractivity contribution >= 4 is 5.95 Å². The Balaban J connectivity index is 1.75. The molecule has 4 nitrogen and oxygen atoms in total. The number of nitrogens with one attached hydrogen (secondary N) is 1. The Bertz CT molecular complexity index is 806. The predicted molar refractivity (Wildman–Crippen MR) is 106 cm³/mol. The summed E-state index contributed by atoms with van der Waals surface area (Å²) in [5, 5.41) is 13.5. The van der Waals surface area contributed by atoms with Crippen molar-refractivity contribution in [3.8, 4) is 17.0 Å². The number of nitrogens with zero attached hydrogens (tertiary/aromatic N) is 2. The summed E-state index contributed by atoms with van der Waals surface area (Å²) < 4.78 is 0. The van der Waals surface area contributed by atoms with Gasteiger partial charge in [-0.1, -0.05) is 80.4 Å². The minimum absolute atomic E-state index is 0.0901. The molecule has 1 heterocycles. The zero-order valence-electron chi connectivity index (χ0n) is 15.1. The fourth-order valence-electron chi connectivity index (χ4n) is 3.05. The van der Waals surface area contributed by atoms with Crippen molar-refractivity contribution in [3.63, 3.8) is 0 Å². The van der Waals surface area contributed by atoms with E-state index in [-0.39, 0.29) is 5.75 Å². The van der Waals surface area contributed by atoms with Crippen LogP contribution in [-0.2, 0) is 0 Å². The first kappa shape index (κ1) is 17.9. The first-order chi connectivity index (χ1) is 12.8. The van der Waals surface area contributed by atoms with E-state index >= 15 is 0 Å². The van der Waals surface area contributed by atoms with E-state index in [4.69, 9.17) is 0 Å². The average Bonchev–Trinajstić information content (AvgIpc) is 2.70. The topological polar surface area (TPSA) is 58.0 Å². The van der Waals surface area contributed by atoms with E-state index < -0.39 is 0 Å². The van der Waals surface area contributed by atoms with Gasteiger partial charge in [0.25, 0.3) is 0 Å². The molecule has 0 saturated carbocycles. The molecule has 1 atom stereocenters. The molecule has 1 unspecified atom stereocenters. The summed E-state index contributed by atoms with van der Waals surface area (Å²) in [4.78, 5) is 8.75. The second kappa shape index (κ2) is 8.99. The highest BCUT2D eigenvalue weighted by atomic mass is 16.3. The molecule has 4 heteroatoms. The highest BCUT2D eigenvalue weighted by molar-refractivity contribution is 5.66. The summed E-state index contributed by atoms with van der Waals surface area (Å²) >= 11 is 0. The molecule has 3 rings (SSSR count). The van der Waals surface area contributed by atoms with Crippen LogP contribution in [0.5, 0.6) is 5.75 Å². The van der Waals surface area contributed by atoms with Gasteiger partial charge in [-0.2, -0.15) is 0 Å². The third-order valence-corrected chi connectivity index (χ3v) is 4.50. The molecule has 0 amide bonds. The SMILES string of the molecule is CCCCC(CNc1ncc(O)c(-c2ccccc2)n1)c1ccccc1. The maximum absolute atomic E-state index is 10.1. The van der Waals surface area contributed by atoms with Crippen LogP contribution in [0.25, 0.3) is 11.3 Å². The maximum atomic E-state index is 10.1. The molecule has 1 aromatic heterocycles. The van der Waals surface area contributed by atoms with E-state index in [1.807, 2.05) is 36.4 Å². The number of hydrogen-bond donors (Lipinski definition) is 2. The van der Waals surface area contributed by atoms with Gasteiger partial charge in [-0.3, -0.25) is 0 Å². The van der Waals surface area contributed by atoms with Crippen LogP contribution in [0.3, 0.4) is 0 Å². The van der Waals surface area contributed by atoms with Gasteiger partial charge in [-0.25, -0.2) is 9.97 Å². The number of benzene rings is 2. The lowest BCUT2D eigenvalue weighted by Gasteiger charge is -2.18. The molecule has 0 aliphatic heterocycles. The smallest absolute Gasteiger partial charge is 0.223 e. The van der Waals surface area contributed by atoms with E-state index in [9.17, 15) is 5.11 Å². The van der Waals surface area contributed by atoms with E-state index in [1.165, 1.54) is 24.6 Å². The van der Waals surface area contributed by atoms with Crippen molar-refractivity contribution in [1.29, 1.82) is 0 Å². The van der Waals surface area contributed by atoms with Crippen LogP contribution >= 0.6 is 0 Å². The number of anilines is 1. The first-order valence-electron chi connectivity index (χ1n) is 9.18. The van der Waals surface area contributed by atoms with Crippen LogP contribution in [0.15, 0.2) is 66.9 Å². The van der Waals surface area contributed by atoms with Gasteiger partial charge in [0.1, 0.15) is 5.69 Å². The van der Waals surface area contributed by atoms with E-state index in [2.05, 4.69) is 46.5 Å². The highest BCUT2D eigenvalue weighted by Gasteiger charge is 2.13. The summed E-state index contributed by atoms with van der Waals surface area (Å²) in [7, 11) is 0. The van der Waals surface area contributed by atoms with E-state index in [1.54, 1.807) is 0 Å². The van der Waals surface area contributed by atoms with Crippen LogP contribution in [-0.4, -0.2) is 21.6 Å². The molecule has 0 fully saturated rings. The molecular weight excluding hydrogens is 322 g/mol. The van der Waals surface area contributed by atoms with E-state index in [0.29, 0.717) is 17.6 Å². The van der Waals surface area contributed by atoms with Gasteiger partial charge in [-0.05, 0) is 12.0 Å². The van der Waals surface area contributed by atoms with Crippen molar-refractivity contribution in [2.24, 2.45) is 0 Å². The normalized spacial score (nSPS) is 11.9. The molecule has 2 aromatic carbocycles. The molecule has 26 heavy (non-hydrogen) atoms. The lowest BCUT2D eigenvalue weighted by atomic mass is 9.93. The van der Waals surface area contributed by atoms with Crippen LogP contribution in [0, 0.1) is 0 Å². The van der Waals surface area contributed by atoms with Crippen LogP contribution in [0.2, 0.25) is 0 Å². The van der Waals surface area contributed by atoms with Crippen molar-refractivity contribution in [2.45, 2.75) is 32.1 Å². The van der Waals surface area contributed by atoms with Crippen molar-refractivity contribution in [3.05, 3.63) is 72.4 Å². The Kier molecular flexibility index (Phi) is 6.20. The highest BCUT2D eigenvalue weighted by Crippen LogP contribution is 2.27. The summed E-state index contributed by atoms with van der Waals surface area (Å²) in [6.07, 6.45) is 4.95. The minimum Gasteiger partial charge on any atom is -0.504 e. The van der Waals surface area contributed by atoms with Gasteiger partial charge in [-0.15, -0.1) is 0 Å². The second-order valence-corrected chi connectivity index (χ2v) is 6.42. The molecular formula is C22H25N3O. The number of hydrogen-bond acceptors (Lipinski definition) is 4. The third kappa shape index (κ3) is 4.60. The summed E-state index contributed by atoms with van der Waals surface area (Å²) in [6, 6.07) is 20.2. The Morgan fingerprint density at radius 3 is 2.38 bits per heavy atom. The quantitative estimate of drug-likeness (QED) is 0.585. The van der Waals surface area contributed by atoms with Gasteiger partial charge >= 0.3 is 0 Å². The molecule has 0 bridgehead atoms. The minimum atomic E-state index is 0.0901. The van der Waals surface area contributed by atoms with Crippen LogP contribution in [0.1, 0.15) is 37.7 Å². The lowest BCUT2D eigenvalue weighted by molar-refractivity contribution is 0.472. The molecule has 3 aromatic rings. The molecule has 0 aliphatic carbocycles. The summed E-state index contributed by atoms with van der Waals surface area (Å²) in [6.45, 7) is 2.98. The number of rotatable bonds is 8. The Morgan fingerprint density at radius 1 is 1.00 bits per heavy atom. The van der Waals surface area contributed by atoms with Gasteiger partial charge in [0.05, 0.1) is 6.20 Å². The number of unbranched alkanes of at least 4 members (excludes halogenated alkanes) is 1. The van der Waals surface area contributed by atoms with Gasteiger partial charge in [0.2, 0.25) is 5.95 Å². The molecule has 0 saturated heterocycles. The predicted octanol–water partition coefficient (Wildman–Crippen LogP) is 5.24. The second-order valence-electron chi connectivity index (χ2n) is 6.42. The van der Waals surface area contributed by atoms with Gasteiger partial charge < -0.3 is 10.4 Å². The van der Waals surface area contributed by atoms with Crippen molar-refractivity contribution < 1.29 is 5.11 Å². The monoisotopic (exact) mass is 347 g/mol. The molecule has 134 valence electrons. The van der Waals surface area contributed by atoms with Crippen molar-refractivity contribution in [2.75, 3.05) is 11.9 Å². The average molecular weight is 347 g/mol. The largest absolute Gasteiger partial charge is 0.504 e. The first-order valence-corrected chi connectivity index (χ1v) is 9.18.